The highest BCUT2D eigenvalue weighted by Crippen LogP contribution is 2.16. The van der Waals surface area contributed by atoms with Crippen molar-refractivity contribution in [3.63, 3.8) is 0 Å². The van der Waals surface area contributed by atoms with E-state index in [9.17, 15) is 9.18 Å². The number of ether oxygens (including phenoxy) is 1. The van der Waals surface area contributed by atoms with Crippen LogP contribution in [-0.4, -0.2) is 16.3 Å². The molecule has 0 atom stereocenters. The monoisotopic (exact) mass is 263 g/mol. The second kappa shape index (κ2) is 6.15. The molecule has 0 fully saturated rings. The predicted octanol–water partition coefficient (Wildman–Crippen LogP) is 1.56. The van der Waals surface area contributed by atoms with Crippen molar-refractivity contribution in [3.8, 4) is 5.75 Å². The molecule has 0 unspecified atom stereocenters. The van der Waals surface area contributed by atoms with Crippen LogP contribution in [-0.2, 0) is 13.2 Å². The average molecular weight is 263 g/mol. The van der Waals surface area contributed by atoms with Gasteiger partial charge in [0.1, 0.15) is 18.2 Å². The van der Waals surface area contributed by atoms with Crippen LogP contribution in [0.4, 0.5) is 4.39 Å². The lowest BCUT2D eigenvalue weighted by molar-refractivity contribution is 0.275. The van der Waals surface area contributed by atoms with E-state index in [0.29, 0.717) is 17.9 Å². The Morgan fingerprint density at radius 1 is 1.26 bits per heavy atom. The van der Waals surface area contributed by atoms with Gasteiger partial charge in [0.15, 0.2) is 0 Å². The first-order valence-electron chi connectivity index (χ1n) is 5.87. The maximum atomic E-state index is 13.2. The zero-order chi connectivity index (χ0) is 13.7. The summed E-state index contributed by atoms with van der Waals surface area (Å²) in [5.74, 6) is -0.119. The van der Waals surface area contributed by atoms with Crippen LogP contribution in [0.3, 0.4) is 0 Å². The van der Waals surface area contributed by atoms with E-state index in [2.05, 4.69) is 0 Å². The van der Waals surface area contributed by atoms with Crippen LogP contribution in [0.25, 0.3) is 0 Å². The second-order valence-electron chi connectivity index (χ2n) is 4.03. The topological polar surface area (TPSA) is 51.5 Å². The molecule has 1 aromatic carbocycles. The normalized spacial score (nSPS) is 10.4. The molecule has 0 bridgehead atoms. The molecule has 4 nitrogen and oxygen atoms in total. The zero-order valence-corrected chi connectivity index (χ0v) is 10.3. The first-order chi connectivity index (χ1) is 9.19. The Bertz CT molecular complexity index is 610. The van der Waals surface area contributed by atoms with E-state index in [0.717, 1.165) is 0 Å². The molecule has 0 amide bonds. The van der Waals surface area contributed by atoms with Crippen LogP contribution < -0.4 is 10.3 Å². The van der Waals surface area contributed by atoms with E-state index < -0.39 is 5.82 Å². The van der Waals surface area contributed by atoms with Gasteiger partial charge in [0.05, 0.1) is 13.2 Å². The average Bonchev–Trinajstić information content (AvgIpc) is 2.40. The van der Waals surface area contributed by atoms with E-state index in [1.54, 1.807) is 24.4 Å². The molecule has 0 saturated heterocycles. The van der Waals surface area contributed by atoms with Crippen LogP contribution in [0, 0.1) is 5.82 Å². The van der Waals surface area contributed by atoms with Gasteiger partial charge >= 0.3 is 0 Å². The molecule has 5 heteroatoms. The molecule has 2 rings (SSSR count). The quantitative estimate of drug-likeness (QED) is 0.890. The zero-order valence-electron chi connectivity index (χ0n) is 10.3. The van der Waals surface area contributed by atoms with E-state index in [1.807, 2.05) is 0 Å². The van der Waals surface area contributed by atoms with Gasteiger partial charge in [-0.2, -0.15) is 0 Å². The highest BCUT2D eigenvalue weighted by Gasteiger charge is 2.02. The van der Waals surface area contributed by atoms with Gasteiger partial charge in [-0.05, 0) is 23.8 Å². The van der Waals surface area contributed by atoms with Crippen LogP contribution in [0.15, 0.2) is 47.4 Å². The summed E-state index contributed by atoms with van der Waals surface area (Å²) >= 11 is 0. The molecule has 2 aromatic rings. The van der Waals surface area contributed by atoms with Crippen molar-refractivity contribution >= 4 is 0 Å². The van der Waals surface area contributed by atoms with Crippen molar-refractivity contribution in [2.75, 3.05) is 6.61 Å². The summed E-state index contributed by atoms with van der Waals surface area (Å²) in [5.41, 5.74) is 0.341. The van der Waals surface area contributed by atoms with Crippen molar-refractivity contribution in [1.29, 1.82) is 0 Å². The minimum Gasteiger partial charge on any atom is -0.492 e. The molecular formula is C14H14FNO3. The molecule has 100 valence electrons. The highest BCUT2D eigenvalue weighted by molar-refractivity contribution is 5.29. The summed E-state index contributed by atoms with van der Waals surface area (Å²) in [7, 11) is 0. The number of aliphatic hydroxyl groups excluding tert-OH is 1. The summed E-state index contributed by atoms with van der Waals surface area (Å²) in [6.07, 6.45) is 1.66. The summed E-state index contributed by atoms with van der Waals surface area (Å²) in [5, 5.41) is 8.96. The van der Waals surface area contributed by atoms with Gasteiger partial charge in [-0.3, -0.25) is 4.79 Å². The molecule has 1 aromatic heterocycles. The first kappa shape index (κ1) is 13.3. The first-order valence-corrected chi connectivity index (χ1v) is 5.87. The third-order valence-corrected chi connectivity index (χ3v) is 2.61. The molecule has 0 saturated carbocycles. The molecule has 0 spiro atoms. The second-order valence-corrected chi connectivity index (χ2v) is 4.03. The molecule has 1 N–H and O–H groups in total. The number of hydrogen-bond donors (Lipinski definition) is 1. The fraction of sp³-hybridized carbons (Fsp3) is 0.214. The minimum atomic E-state index is -0.460. The van der Waals surface area contributed by atoms with Crippen molar-refractivity contribution < 1.29 is 14.2 Å². The number of aliphatic hydroxyl groups is 1. The van der Waals surface area contributed by atoms with E-state index in [4.69, 9.17) is 9.84 Å². The standard InChI is InChI=1S/C14H14FNO3/c15-12-7-11(10-17)8-13(9-12)19-6-5-16-4-2-1-3-14(16)18/h1-4,7-9,17H,5-6,10H2. The molecule has 19 heavy (non-hydrogen) atoms. The Balaban J connectivity index is 1.98. The van der Waals surface area contributed by atoms with Crippen LogP contribution in [0.1, 0.15) is 5.56 Å². The number of aromatic nitrogens is 1. The van der Waals surface area contributed by atoms with Crippen molar-refractivity contribution in [3.05, 3.63) is 64.3 Å². The predicted molar refractivity (Wildman–Crippen MR) is 68.5 cm³/mol. The van der Waals surface area contributed by atoms with Crippen LogP contribution in [0.2, 0.25) is 0 Å². The fourth-order valence-electron chi connectivity index (χ4n) is 1.70. The third-order valence-electron chi connectivity index (χ3n) is 2.61. The van der Waals surface area contributed by atoms with E-state index in [1.165, 1.54) is 22.8 Å². The molecule has 0 aliphatic heterocycles. The minimum absolute atomic E-state index is 0.110. The maximum Gasteiger partial charge on any atom is 0.250 e. The Morgan fingerprint density at radius 2 is 2.11 bits per heavy atom. The summed E-state index contributed by atoms with van der Waals surface area (Å²) in [6, 6.07) is 8.94. The lowest BCUT2D eigenvalue weighted by Gasteiger charge is -2.09. The molecule has 0 aliphatic carbocycles. The lowest BCUT2D eigenvalue weighted by atomic mass is 10.2. The van der Waals surface area contributed by atoms with Crippen LogP contribution >= 0.6 is 0 Å². The Kier molecular flexibility index (Phi) is 4.30. The Morgan fingerprint density at radius 3 is 2.84 bits per heavy atom. The summed E-state index contributed by atoms with van der Waals surface area (Å²) < 4.78 is 20.1. The van der Waals surface area contributed by atoms with Gasteiger partial charge in [-0.1, -0.05) is 6.07 Å². The maximum absolute atomic E-state index is 13.2. The fourth-order valence-corrected chi connectivity index (χ4v) is 1.70. The van der Waals surface area contributed by atoms with E-state index >= 15 is 0 Å². The number of hydrogen-bond acceptors (Lipinski definition) is 3. The van der Waals surface area contributed by atoms with Gasteiger partial charge in [-0.25, -0.2) is 4.39 Å². The Labute approximate surface area is 109 Å². The van der Waals surface area contributed by atoms with E-state index in [-0.39, 0.29) is 18.8 Å². The molecule has 0 aliphatic rings. The smallest absolute Gasteiger partial charge is 0.250 e. The lowest BCUT2D eigenvalue weighted by Crippen LogP contribution is -2.21. The molecule has 1 heterocycles. The number of halogens is 1. The van der Waals surface area contributed by atoms with Gasteiger partial charge in [0.25, 0.3) is 5.56 Å². The van der Waals surface area contributed by atoms with Crippen molar-refractivity contribution in [2.45, 2.75) is 13.2 Å². The largest absolute Gasteiger partial charge is 0.492 e. The number of benzene rings is 1. The van der Waals surface area contributed by atoms with Gasteiger partial charge in [0.2, 0.25) is 0 Å². The summed E-state index contributed by atoms with van der Waals surface area (Å²) in [4.78, 5) is 11.4. The van der Waals surface area contributed by atoms with Crippen molar-refractivity contribution in [2.24, 2.45) is 0 Å². The number of pyridine rings is 1. The molecule has 0 radical (unpaired) electrons. The van der Waals surface area contributed by atoms with Crippen molar-refractivity contribution in [1.82, 2.24) is 4.57 Å². The van der Waals surface area contributed by atoms with Gasteiger partial charge in [0, 0.05) is 18.3 Å². The number of nitrogens with zero attached hydrogens (tertiary/aromatic N) is 1. The number of rotatable bonds is 5. The van der Waals surface area contributed by atoms with Gasteiger partial charge < -0.3 is 14.4 Å². The SMILES string of the molecule is O=c1ccccn1CCOc1cc(F)cc(CO)c1. The van der Waals surface area contributed by atoms with Crippen LogP contribution in [0.5, 0.6) is 5.75 Å². The third kappa shape index (κ3) is 3.66. The highest BCUT2D eigenvalue weighted by atomic mass is 19.1. The molecular weight excluding hydrogens is 249 g/mol. The van der Waals surface area contributed by atoms with Gasteiger partial charge in [-0.15, -0.1) is 0 Å². The Hall–Kier alpha value is -2.14. The summed E-state index contributed by atoms with van der Waals surface area (Å²) in [6.45, 7) is 0.384.